The number of carboxylic acids is 1. The summed E-state index contributed by atoms with van der Waals surface area (Å²) in [4.78, 5) is 26.0. The van der Waals surface area contributed by atoms with Crippen LogP contribution < -0.4 is 0 Å². The molecule has 2 heterocycles. The Morgan fingerprint density at radius 3 is 3.00 bits per heavy atom. The van der Waals surface area contributed by atoms with E-state index in [0.717, 1.165) is 11.8 Å². The quantitative estimate of drug-likeness (QED) is 0.453. The van der Waals surface area contributed by atoms with Gasteiger partial charge in [-0.3, -0.25) is 14.5 Å². The number of nitrogens with zero attached hydrogens (tertiary/aromatic N) is 3. The number of rotatable bonds is 4. The van der Waals surface area contributed by atoms with Crippen molar-refractivity contribution in [2.45, 2.75) is 0 Å². The number of aromatic nitrogens is 2. The van der Waals surface area contributed by atoms with Crippen molar-refractivity contribution in [2.75, 3.05) is 0 Å². The van der Waals surface area contributed by atoms with Gasteiger partial charge in [-0.25, -0.2) is 9.78 Å². The summed E-state index contributed by atoms with van der Waals surface area (Å²) in [6.07, 6.45) is 4.03. The summed E-state index contributed by atoms with van der Waals surface area (Å²) in [7, 11) is 0. The molecule has 0 spiro atoms. The van der Waals surface area contributed by atoms with Crippen molar-refractivity contribution in [3.63, 3.8) is 0 Å². The summed E-state index contributed by atoms with van der Waals surface area (Å²) in [6.45, 7) is 0. The Hall–Kier alpha value is -3.00. The molecule has 0 atom stereocenters. The molecule has 110 valence electrons. The van der Waals surface area contributed by atoms with E-state index < -0.39 is 10.9 Å². The van der Waals surface area contributed by atoms with Crippen LogP contribution in [-0.2, 0) is 4.79 Å². The first-order chi connectivity index (χ1) is 10.6. The van der Waals surface area contributed by atoms with E-state index in [-0.39, 0.29) is 5.69 Å². The number of carboxylic acid groups (broad SMARTS) is 1. The number of fused-ring (bicyclic) bond motifs is 1. The fraction of sp³-hybridized carbons (Fsp3) is 0. The molecule has 3 rings (SSSR count). The van der Waals surface area contributed by atoms with Gasteiger partial charge in [0.2, 0.25) is 0 Å². The van der Waals surface area contributed by atoms with Crippen LogP contribution in [0.15, 0.2) is 41.9 Å². The molecular weight excluding hydrogens is 306 g/mol. The number of hydrogen-bond acceptors (Lipinski definition) is 5. The summed E-state index contributed by atoms with van der Waals surface area (Å²) >= 11 is 1.38. The zero-order valence-electron chi connectivity index (χ0n) is 11.0. The second kappa shape index (κ2) is 5.41. The van der Waals surface area contributed by atoms with Crippen LogP contribution in [0.3, 0.4) is 0 Å². The third kappa shape index (κ3) is 2.47. The second-order valence-corrected chi connectivity index (χ2v) is 5.24. The number of hydrogen-bond donors (Lipinski definition) is 1. The van der Waals surface area contributed by atoms with E-state index in [0.29, 0.717) is 16.2 Å². The Labute approximate surface area is 127 Å². The molecule has 7 nitrogen and oxygen atoms in total. The number of imidazole rings is 1. The van der Waals surface area contributed by atoms with Gasteiger partial charge in [0.1, 0.15) is 0 Å². The van der Waals surface area contributed by atoms with Crippen molar-refractivity contribution in [2.24, 2.45) is 0 Å². The predicted molar refractivity (Wildman–Crippen MR) is 81.8 cm³/mol. The highest BCUT2D eigenvalue weighted by Crippen LogP contribution is 2.29. The number of aliphatic carboxylic acids is 1. The number of benzene rings is 1. The molecular formula is C14H9N3O4S. The van der Waals surface area contributed by atoms with E-state index >= 15 is 0 Å². The lowest BCUT2D eigenvalue weighted by Gasteiger charge is -2.02. The van der Waals surface area contributed by atoms with Gasteiger partial charge in [-0.2, -0.15) is 0 Å². The molecule has 3 aromatic rings. The molecule has 0 amide bonds. The lowest BCUT2D eigenvalue weighted by molar-refractivity contribution is -0.384. The zero-order chi connectivity index (χ0) is 15.7. The lowest BCUT2D eigenvalue weighted by Crippen LogP contribution is -1.92. The maximum absolute atomic E-state index is 10.9. The Morgan fingerprint density at radius 1 is 1.45 bits per heavy atom. The zero-order valence-corrected chi connectivity index (χ0v) is 11.9. The van der Waals surface area contributed by atoms with Crippen LogP contribution in [0.5, 0.6) is 0 Å². The van der Waals surface area contributed by atoms with Gasteiger partial charge in [0.15, 0.2) is 4.96 Å². The number of nitro groups is 1. The van der Waals surface area contributed by atoms with E-state index in [1.807, 2.05) is 5.38 Å². The third-order valence-electron chi connectivity index (χ3n) is 3.02. The van der Waals surface area contributed by atoms with Crippen molar-refractivity contribution in [1.29, 1.82) is 0 Å². The molecule has 8 heteroatoms. The van der Waals surface area contributed by atoms with Crippen molar-refractivity contribution < 1.29 is 14.8 Å². The van der Waals surface area contributed by atoms with Crippen LogP contribution in [0.4, 0.5) is 5.69 Å². The van der Waals surface area contributed by atoms with Crippen molar-refractivity contribution >= 4 is 34.0 Å². The van der Waals surface area contributed by atoms with Crippen LogP contribution in [0.1, 0.15) is 5.69 Å². The summed E-state index contributed by atoms with van der Waals surface area (Å²) in [5.41, 5.74) is 1.99. The van der Waals surface area contributed by atoms with Crippen LogP contribution in [0, 0.1) is 10.1 Å². The Bertz CT molecular complexity index is 910. The Morgan fingerprint density at radius 2 is 2.27 bits per heavy atom. The smallest absolute Gasteiger partial charge is 0.328 e. The normalized spacial score (nSPS) is 11.3. The fourth-order valence-corrected chi connectivity index (χ4v) is 2.97. The van der Waals surface area contributed by atoms with Gasteiger partial charge in [-0.1, -0.05) is 12.1 Å². The average Bonchev–Trinajstić information content (AvgIpc) is 3.07. The molecule has 0 aliphatic heterocycles. The average molecular weight is 315 g/mol. The van der Waals surface area contributed by atoms with Gasteiger partial charge in [0.25, 0.3) is 5.69 Å². The number of non-ortho nitro benzene ring substituents is 1. The van der Waals surface area contributed by atoms with Crippen molar-refractivity contribution in [3.8, 4) is 11.3 Å². The Balaban J connectivity index is 2.15. The Kier molecular flexibility index (Phi) is 3.43. The van der Waals surface area contributed by atoms with Crippen LogP contribution in [-0.4, -0.2) is 25.4 Å². The van der Waals surface area contributed by atoms with Gasteiger partial charge >= 0.3 is 5.97 Å². The van der Waals surface area contributed by atoms with Gasteiger partial charge < -0.3 is 5.11 Å². The van der Waals surface area contributed by atoms with E-state index in [1.165, 1.54) is 29.5 Å². The van der Waals surface area contributed by atoms with Crippen LogP contribution >= 0.6 is 11.3 Å². The lowest BCUT2D eigenvalue weighted by atomic mass is 10.1. The van der Waals surface area contributed by atoms with E-state index in [1.54, 1.807) is 22.7 Å². The molecule has 1 N–H and O–H groups in total. The first-order valence-corrected chi connectivity index (χ1v) is 7.05. The van der Waals surface area contributed by atoms with Gasteiger partial charge in [-0.15, -0.1) is 11.3 Å². The predicted octanol–water partition coefficient (Wildman–Crippen LogP) is 3.07. The maximum atomic E-state index is 10.9. The van der Waals surface area contributed by atoms with Gasteiger partial charge in [0.05, 0.1) is 22.5 Å². The van der Waals surface area contributed by atoms with E-state index in [4.69, 9.17) is 5.11 Å². The summed E-state index contributed by atoms with van der Waals surface area (Å²) in [6, 6.07) is 6.28. The standard InChI is InChI=1S/C14H9N3O4S/c18-13(19)5-4-11-7-15-14-16(11)12(8-22-14)9-2-1-3-10(6-9)17(20)21/h1-8H,(H,18,19)/b5-4+. The summed E-state index contributed by atoms with van der Waals surface area (Å²) in [5.74, 6) is -1.05. The monoisotopic (exact) mass is 315 g/mol. The highest BCUT2D eigenvalue weighted by atomic mass is 32.1. The number of thiazole rings is 1. The molecule has 0 radical (unpaired) electrons. The summed E-state index contributed by atoms with van der Waals surface area (Å²) < 4.78 is 1.77. The highest BCUT2D eigenvalue weighted by Gasteiger charge is 2.13. The molecule has 2 aromatic heterocycles. The molecule has 0 bridgehead atoms. The molecule has 0 fully saturated rings. The third-order valence-corrected chi connectivity index (χ3v) is 3.86. The highest BCUT2D eigenvalue weighted by molar-refractivity contribution is 7.15. The molecule has 0 saturated carbocycles. The topological polar surface area (TPSA) is 97.7 Å². The van der Waals surface area contributed by atoms with Gasteiger partial charge in [0, 0.05) is 29.2 Å². The minimum atomic E-state index is -1.05. The van der Waals surface area contributed by atoms with Crippen molar-refractivity contribution in [1.82, 2.24) is 9.38 Å². The first kappa shape index (κ1) is 14.0. The van der Waals surface area contributed by atoms with E-state index in [2.05, 4.69) is 4.98 Å². The maximum Gasteiger partial charge on any atom is 0.328 e. The van der Waals surface area contributed by atoms with Crippen molar-refractivity contribution in [3.05, 3.63) is 57.7 Å². The summed E-state index contributed by atoms with van der Waals surface area (Å²) in [5, 5.41) is 21.5. The van der Waals surface area contributed by atoms with Crippen LogP contribution in [0.2, 0.25) is 0 Å². The molecule has 22 heavy (non-hydrogen) atoms. The fourth-order valence-electron chi connectivity index (χ4n) is 2.08. The van der Waals surface area contributed by atoms with E-state index in [9.17, 15) is 14.9 Å². The first-order valence-electron chi connectivity index (χ1n) is 6.17. The SMILES string of the molecule is O=C(O)/C=C/c1cnc2scc(-c3cccc([N+](=O)[O-])c3)n12. The van der Waals surface area contributed by atoms with Gasteiger partial charge in [-0.05, 0) is 6.08 Å². The molecule has 1 aromatic carbocycles. The minimum Gasteiger partial charge on any atom is -0.478 e. The number of carbonyl (C=O) groups is 1. The number of nitro benzene ring substituents is 1. The van der Waals surface area contributed by atoms with Crippen LogP contribution in [0.25, 0.3) is 22.3 Å². The molecule has 0 saturated heterocycles. The molecule has 0 aliphatic rings. The second-order valence-electron chi connectivity index (χ2n) is 4.40. The molecule has 0 aliphatic carbocycles. The molecule has 0 unspecified atom stereocenters. The largest absolute Gasteiger partial charge is 0.478 e. The minimum absolute atomic E-state index is 0.000377.